The van der Waals surface area contributed by atoms with Gasteiger partial charge in [-0.3, -0.25) is 14.5 Å². The maximum atomic E-state index is 12.7. The first kappa shape index (κ1) is 17.2. The molecule has 1 aliphatic heterocycles. The quantitative estimate of drug-likeness (QED) is 0.828. The Kier molecular flexibility index (Phi) is 5.19. The number of amides is 2. The van der Waals surface area contributed by atoms with E-state index in [1.54, 1.807) is 12.1 Å². The fraction of sp³-hybridized carbons (Fsp3) is 0.263. The Balaban J connectivity index is 1.72. The lowest BCUT2D eigenvalue weighted by molar-refractivity contribution is -0.128. The molecule has 0 aromatic heterocycles. The van der Waals surface area contributed by atoms with Crippen molar-refractivity contribution in [2.24, 2.45) is 10.9 Å². The number of nitrogens with one attached hydrogen (secondary N) is 1. The third-order valence-electron chi connectivity index (χ3n) is 4.08. The van der Waals surface area contributed by atoms with E-state index in [1.807, 2.05) is 43.4 Å². The van der Waals surface area contributed by atoms with E-state index in [0.29, 0.717) is 24.4 Å². The summed E-state index contributed by atoms with van der Waals surface area (Å²) in [6.45, 7) is 3.01. The van der Waals surface area contributed by atoms with Crippen molar-refractivity contribution in [3.05, 3.63) is 59.7 Å². The van der Waals surface area contributed by atoms with Crippen molar-refractivity contribution in [2.45, 2.75) is 19.9 Å². The van der Waals surface area contributed by atoms with Crippen LogP contribution in [0.4, 0.5) is 0 Å². The van der Waals surface area contributed by atoms with E-state index in [9.17, 15) is 9.59 Å². The average Bonchev–Trinajstić information content (AvgIpc) is 2.63. The topological polar surface area (TPSA) is 61.8 Å². The summed E-state index contributed by atoms with van der Waals surface area (Å²) in [6, 6.07) is 7.20. The summed E-state index contributed by atoms with van der Waals surface area (Å²) in [7, 11) is 0. The van der Waals surface area contributed by atoms with Crippen LogP contribution in [0.2, 0.25) is 0 Å². The van der Waals surface area contributed by atoms with E-state index >= 15 is 0 Å². The molecule has 1 aromatic rings. The molecule has 3 rings (SSSR count). The van der Waals surface area contributed by atoms with Crippen molar-refractivity contribution < 1.29 is 9.59 Å². The Morgan fingerprint density at radius 1 is 1.28 bits per heavy atom. The SMILES string of the molecule is CCCNC(=O)c1ccc(CN2C(=O)C3C=CC=CC3=NC2=S)cc1. The van der Waals surface area contributed by atoms with Crippen LogP contribution in [0.25, 0.3) is 0 Å². The van der Waals surface area contributed by atoms with Crippen molar-refractivity contribution in [2.75, 3.05) is 6.54 Å². The van der Waals surface area contributed by atoms with Crippen LogP contribution in [0, 0.1) is 5.92 Å². The Morgan fingerprint density at radius 2 is 2.04 bits per heavy atom. The predicted octanol–water partition coefficient (Wildman–Crippen LogP) is 2.64. The van der Waals surface area contributed by atoms with Gasteiger partial charge in [0.25, 0.3) is 5.91 Å². The lowest BCUT2D eigenvalue weighted by Gasteiger charge is -2.30. The molecule has 1 N–H and O–H groups in total. The molecule has 25 heavy (non-hydrogen) atoms. The Labute approximate surface area is 152 Å². The molecule has 5 nitrogen and oxygen atoms in total. The Morgan fingerprint density at radius 3 is 2.76 bits per heavy atom. The van der Waals surface area contributed by atoms with Gasteiger partial charge >= 0.3 is 0 Å². The molecular weight excluding hydrogens is 334 g/mol. The number of rotatable bonds is 5. The number of thiocarbonyl (C=S) groups is 1. The maximum Gasteiger partial charge on any atom is 0.251 e. The zero-order chi connectivity index (χ0) is 17.8. The molecule has 2 amide bonds. The second-order valence-corrected chi connectivity index (χ2v) is 6.28. The van der Waals surface area contributed by atoms with Crippen LogP contribution in [0.5, 0.6) is 0 Å². The van der Waals surface area contributed by atoms with Crippen molar-refractivity contribution in [1.82, 2.24) is 10.2 Å². The van der Waals surface area contributed by atoms with Crippen molar-refractivity contribution in [3.8, 4) is 0 Å². The van der Waals surface area contributed by atoms with Gasteiger partial charge in [-0.2, -0.15) is 0 Å². The van der Waals surface area contributed by atoms with E-state index in [4.69, 9.17) is 12.2 Å². The summed E-state index contributed by atoms with van der Waals surface area (Å²) in [5, 5.41) is 3.12. The third-order valence-corrected chi connectivity index (χ3v) is 4.39. The molecule has 6 heteroatoms. The molecule has 1 heterocycles. The average molecular weight is 353 g/mol. The summed E-state index contributed by atoms with van der Waals surface area (Å²) in [6.07, 6.45) is 8.24. The van der Waals surface area contributed by atoms with Crippen LogP contribution in [0.1, 0.15) is 29.3 Å². The van der Waals surface area contributed by atoms with E-state index in [1.165, 1.54) is 4.90 Å². The fourth-order valence-electron chi connectivity index (χ4n) is 2.71. The van der Waals surface area contributed by atoms with Gasteiger partial charge in [0.1, 0.15) is 0 Å². The van der Waals surface area contributed by atoms with Crippen LogP contribution in [0.15, 0.2) is 53.6 Å². The highest BCUT2D eigenvalue weighted by molar-refractivity contribution is 7.80. The number of nitrogens with zero attached hydrogens (tertiary/aromatic N) is 2. The third kappa shape index (κ3) is 3.74. The Hall–Kier alpha value is -2.60. The van der Waals surface area contributed by atoms with Gasteiger partial charge < -0.3 is 5.32 Å². The number of benzene rings is 1. The summed E-state index contributed by atoms with van der Waals surface area (Å²) in [5.41, 5.74) is 2.19. The number of fused-ring (bicyclic) bond motifs is 1. The van der Waals surface area contributed by atoms with Gasteiger partial charge in [-0.15, -0.1) is 0 Å². The maximum absolute atomic E-state index is 12.7. The van der Waals surface area contributed by atoms with Crippen molar-refractivity contribution >= 4 is 34.9 Å². The van der Waals surface area contributed by atoms with Gasteiger partial charge in [0.2, 0.25) is 11.0 Å². The lowest BCUT2D eigenvalue weighted by Crippen LogP contribution is -2.45. The minimum atomic E-state index is -0.365. The van der Waals surface area contributed by atoms with Gasteiger partial charge in [-0.25, -0.2) is 4.99 Å². The van der Waals surface area contributed by atoms with E-state index in [-0.39, 0.29) is 22.8 Å². The zero-order valence-electron chi connectivity index (χ0n) is 13.9. The van der Waals surface area contributed by atoms with Gasteiger partial charge in [-0.1, -0.05) is 37.3 Å². The van der Waals surface area contributed by atoms with Crippen LogP contribution in [0.3, 0.4) is 0 Å². The van der Waals surface area contributed by atoms with Crippen LogP contribution in [-0.2, 0) is 11.3 Å². The van der Waals surface area contributed by atoms with Crippen LogP contribution < -0.4 is 5.32 Å². The van der Waals surface area contributed by atoms with Crippen molar-refractivity contribution in [3.63, 3.8) is 0 Å². The standard InChI is InChI=1S/C19H19N3O2S/c1-2-11-20-17(23)14-9-7-13(8-10-14)12-22-18(24)15-5-3-4-6-16(15)21-19(22)25/h3-10,15H,2,11-12H2,1H3,(H,20,23). The number of hydrogen-bond acceptors (Lipinski definition) is 3. The number of hydrogen-bond donors (Lipinski definition) is 1. The molecule has 0 saturated carbocycles. The van der Waals surface area contributed by atoms with Gasteiger partial charge in [0.15, 0.2) is 0 Å². The molecule has 1 aliphatic carbocycles. The molecular formula is C19H19N3O2S. The summed E-state index contributed by atoms with van der Waals surface area (Å²) in [4.78, 5) is 30.5. The fourth-order valence-corrected chi connectivity index (χ4v) is 2.97. The number of carbonyl (C=O) groups excluding carboxylic acids is 2. The molecule has 0 radical (unpaired) electrons. The van der Waals surface area contributed by atoms with Crippen molar-refractivity contribution in [1.29, 1.82) is 0 Å². The zero-order valence-corrected chi connectivity index (χ0v) is 14.8. The first-order valence-corrected chi connectivity index (χ1v) is 8.67. The number of carbonyl (C=O) groups is 2. The van der Waals surface area contributed by atoms with Crippen LogP contribution >= 0.6 is 12.2 Å². The highest BCUT2D eigenvalue weighted by Crippen LogP contribution is 2.21. The lowest BCUT2D eigenvalue weighted by atomic mass is 9.95. The van der Waals surface area contributed by atoms with E-state index in [2.05, 4.69) is 10.3 Å². The van der Waals surface area contributed by atoms with Gasteiger partial charge in [-0.05, 0) is 42.4 Å². The second kappa shape index (κ2) is 7.53. The number of allylic oxidation sites excluding steroid dienone is 3. The molecule has 1 unspecified atom stereocenters. The Bertz CT molecular complexity index is 793. The number of aliphatic imine (C=N–C) groups is 1. The first-order chi connectivity index (χ1) is 12.1. The highest BCUT2D eigenvalue weighted by Gasteiger charge is 2.33. The molecule has 0 bridgehead atoms. The minimum Gasteiger partial charge on any atom is -0.352 e. The summed E-state index contributed by atoms with van der Waals surface area (Å²) >= 11 is 5.28. The summed E-state index contributed by atoms with van der Waals surface area (Å²) in [5.74, 6) is -0.525. The minimum absolute atomic E-state index is 0.0691. The summed E-state index contributed by atoms with van der Waals surface area (Å²) < 4.78 is 0. The highest BCUT2D eigenvalue weighted by atomic mass is 32.1. The smallest absolute Gasteiger partial charge is 0.251 e. The molecule has 1 atom stereocenters. The first-order valence-electron chi connectivity index (χ1n) is 8.26. The second-order valence-electron chi connectivity index (χ2n) is 5.92. The van der Waals surface area contributed by atoms with E-state index < -0.39 is 0 Å². The molecule has 1 aromatic carbocycles. The molecule has 0 saturated heterocycles. The molecule has 0 spiro atoms. The molecule has 128 valence electrons. The van der Waals surface area contributed by atoms with Crippen LogP contribution in [-0.4, -0.2) is 34.1 Å². The van der Waals surface area contributed by atoms with E-state index in [0.717, 1.165) is 12.0 Å². The normalized spacial score (nSPS) is 18.8. The predicted molar refractivity (Wildman–Crippen MR) is 101 cm³/mol. The molecule has 2 aliphatic rings. The monoisotopic (exact) mass is 353 g/mol. The largest absolute Gasteiger partial charge is 0.352 e. The molecule has 0 fully saturated rings. The van der Waals surface area contributed by atoms with Gasteiger partial charge in [0, 0.05) is 12.1 Å². The van der Waals surface area contributed by atoms with Gasteiger partial charge in [0.05, 0.1) is 18.2 Å².